The summed E-state index contributed by atoms with van der Waals surface area (Å²) >= 11 is 0. The molecule has 6 heteroatoms. The summed E-state index contributed by atoms with van der Waals surface area (Å²) in [6.07, 6.45) is 4.26. The van der Waals surface area contributed by atoms with E-state index in [4.69, 9.17) is 0 Å². The lowest BCUT2D eigenvalue weighted by atomic mass is 9.89. The number of amides is 1. The molecule has 3 N–H and O–H groups in total. The van der Waals surface area contributed by atoms with Crippen LogP contribution in [0.15, 0.2) is 6.20 Å². The largest absolute Gasteiger partial charge is 0.352 e. The van der Waals surface area contributed by atoms with E-state index in [1.165, 1.54) is 0 Å². The van der Waals surface area contributed by atoms with Crippen LogP contribution >= 0.6 is 0 Å². The minimum absolute atomic E-state index is 0.0279. The number of rotatable bonds is 4. The van der Waals surface area contributed by atoms with Gasteiger partial charge in [-0.2, -0.15) is 5.10 Å². The van der Waals surface area contributed by atoms with E-state index in [1.807, 2.05) is 6.92 Å². The number of carbonyl (C=O) groups is 1. The molecule has 1 aliphatic rings. The maximum atomic E-state index is 12.4. The predicted octanol–water partition coefficient (Wildman–Crippen LogP) is 1.99. The van der Waals surface area contributed by atoms with Crippen molar-refractivity contribution in [3.8, 4) is 0 Å². The zero-order chi connectivity index (χ0) is 15.7. The number of fused-ring (bicyclic) bond motifs is 1. The van der Waals surface area contributed by atoms with Crippen molar-refractivity contribution in [2.45, 2.75) is 52.5 Å². The van der Waals surface area contributed by atoms with Gasteiger partial charge in [-0.05, 0) is 19.8 Å². The molecule has 1 amide bonds. The van der Waals surface area contributed by atoms with Crippen LogP contribution in [0.2, 0.25) is 0 Å². The molecule has 3 rings (SSSR count). The molecule has 2 aromatic heterocycles. The molecule has 1 aliphatic carbocycles. The lowest BCUT2D eigenvalue weighted by molar-refractivity contribution is -0.125. The number of carbonyl (C=O) groups excluding carboxylic acids is 1. The zero-order valence-corrected chi connectivity index (χ0v) is 13.4. The van der Waals surface area contributed by atoms with Gasteiger partial charge in [0.2, 0.25) is 5.91 Å². The Kier molecular flexibility index (Phi) is 4.00. The highest BCUT2D eigenvalue weighted by Gasteiger charge is 2.27. The number of hydrogen-bond donors (Lipinski definition) is 3. The number of nitrogens with one attached hydrogen (secondary N) is 3. The number of aryl methyl sites for hydroxylation is 2. The zero-order valence-electron chi connectivity index (χ0n) is 13.4. The van der Waals surface area contributed by atoms with Gasteiger partial charge in [0.05, 0.1) is 11.9 Å². The van der Waals surface area contributed by atoms with Crippen molar-refractivity contribution < 1.29 is 4.79 Å². The number of nitrogens with zero attached hydrogens (tertiary/aromatic N) is 2. The van der Waals surface area contributed by atoms with Crippen LogP contribution in [-0.2, 0) is 24.2 Å². The maximum Gasteiger partial charge on any atom is 0.223 e. The summed E-state index contributed by atoms with van der Waals surface area (Å²) in [6.45, 7) is 6.74. The fourth-order valence-corrected chi connectivity index (χ4v) is 2.88. The third-order valence-corrected chi connectivity index (χ3v) is 4.37. The molecule has 0 radical (unpaired) electrons. The Morgan fingerprint density at radius 1 is 1.50 bits per heavy atom. The summed E-state index contributed by atoms with van der Waals surface area (Å²) in [4.78, 5) is 20.4. The number of aromatic amines is 2. The van der Waals surface area contributed by atoms with Gasteiger partial charge in [-0.25, -0.2) is 4.98 Å². The van der Waals surface area contributed by atoms with Crippen molar-refractivity contribution in [1.82, 2.24) is 25.5 Å². The Labute approximate surface area is 130 Å². The molecule has 0 unspecified atom stereocenters. The second-order valence-electron chi connectivity index (χ2n) is 6.38. The molecule has 0 fully saturated rings. The first-order valence-corrected chi connectivity index (χ1v) is 7.88. The lowest BCUT2D eigenvalue weighted by Crippen LogP contribution is -2.33. The van der Waals surface area contributed by atoms with Crippen LogP contribution < -0.4 is 5.32 Å². The summed E-state index contributed by atoms with van der Waals surface area (Å²) in [5, 5.41) is 9.88. The topological polar surface area (TPSA) is 86.5 Å². The molecule has 2 heterocycles. The van der Waals surface area contributed by atoms with Gasteiger partial charge in [0.1, 0.15) is 5.82 Å². The average Bonchev–Trinajstić information content (AvgIpc) is 3.09. The molecular weight excluding hydrogens is 278 g/mol. The maximum absolute atomic E-state index is 12.4. The van der Waals surface area contributed by atoms with E-state index in [0.717, 1.165) is 47.7 Å². The van der Waals surface area contributed by atoms with E-state index in [2.05, 4.69) is 39.3 Å². The molecule has 1 atom stereocenters. The van der Waals surface area contributed by atoms with Crippen molar-refractivity contribution in [2.24, 2.45) is 5.92 Å². The van der Waals surface area contributed by atoms with Gasteiger partial charge in [-0.3, -0.25) is 9.89 Å². The molecule has 2 aromatic rings. The summed E-state index contributed by atoms with van der Waals surface area (Å²) < 4.78 is 0. The van der Waals surface area contributed by atoms with Crippen LogP contribution in [-0.4, -0.2) is 26.1 Å². The highest BCUT2D eigenvalue weighted by molar-refractivity contribution is 5.79. The molecule has 22 heavy (non-hydrogen) atoms. The molecule has 0 aliphatic heterocycles. The highest BCUT2D eigenvalue weighted by atomic mass is 16.1. The standard InChI is InChI=1S/C16H23N5O/c1-9(2)15-19-13-5-4-11(6-14(13)20-15)16(22)17-7-12-8-18-21-10(12)3/h8-9,11H,4-7H2,1-3H3,(H,17,22)(H,18,21)(H,19,20)/t11-/m0/s1. The van der Waals surface area contributed by atoms with E-state index in [9.17, 15) is 4.79 Å². The number of hydrogen-bond acceptors (Lipinski definition) is 3. The average molecular weight is 301 g/mol. The fraction of sp³-hybridized carbons (Fsp3) is 0.562. The molecule has 118 valence electrons. The Morgan fingerprint density at radius 2 is 2.32 bits per heavy atom. The van der Waals surface area contributed by atoms with E-state index in [0.29, 0.717) is 12.5 Å². The van der Waals surface area contributed by atoms with E-state index < -0.39 is 0 Å². The second kappa shape index (κ2) is 5.94. The van der Waals surface area contributed by atoms with Crippen LogP contribution in [0.5, 0.6) is 0 Å². The van der Waals surface area contributed by atoms with Crippen LogP contribution in [0.25, 0.3) is 0 Å². The minimum Gasteiger partial charge on any atom is -0.352 e. The number of H-pyrrole nitrogens is 2. The summed E-state index contributed by atoms with van der Waals surface area (Å²) in [7, 11) is 0. The smallest absolute Gasteiger partial charge is 0.223 e. The molecule has 6 nitrogen and oxygen atoms in total. The molecule has 0 spiro atoms. The molecule has 0 saturated carbocycles. The van der Waals surface area contributed by atoms with Gasteiger partial charge in [0.15, 0.2) is 0 Å². The summed E-state index contributed by atoms with van der Waals surface area (Å²) in [5.41, 5.74) is 4.31. The van der Waals surface area contributed by atoms with E-state index >= 15 is 0 Å². The fourth-order valence-electron chi connectivity index (χ4n) is 2.88. The molecule has 0 aromatic carbocycles. The summed E-state index contributed by atoms with van der Waals surface area (Å²) in [5.74, 6) is 1.56. The SMILES string of the molecule is Cc1[nH]ncc1CNC(=O)[C@H]1CCc2nc(C(C)C)[nH]c2C1. The molecule has 0 bridgehead atoms. The van der Waals surface area contributed by atoms with Gasteiger partial charge in [-0.15, -0.1) is 0 Å². The van der Waals surface area contributed by atoms with Crippen molar-refractivity contribution in [3.63, 3.8) is 0 Å². The van der Waals surface area contributed by atoms with E-state index in [-0.39, 0.29) is 11.8 Å². The number of aromatic nitrogens is 4. The van der Waals surface area contributed by atoms with Gasteiger partial charge in [0, 0.05) is 41.8 Å². The van der Waals surface area contributed by atoms with Crippen LogP contribution in [0.1, 0.15) is 54.7 Å². The second-order valence-corrected chi connectivity index (χ2v) is 6.38. The van der Waals surface area contributed by atoms with Crippen LogP contribution in [0.3, 0.4) is 0 Å². The minimum atomic E-state index is 0.0279. The quantitative estimate of drug-likeness (QED) is 0.807. The first-order valence-electron chi connectivity index (χ1n) is 7.88. The van der Waals surface area contributed by atoms with Gasteiger partial charge in [0.25, 0.3) is 0 Å². The Balaban J connectivity index is 1.61. The molecular formula is C16H23N5O. The van der Waals surface area contributed by atoms with Crippen molar-refractivity contribution in [2.75, 3.05) is 0 Å². The van der Waals surface area contributed by atoms with Crippen LogP contribution in [0, 0.1) is 12.8 Å². The Bertz CT molecular complexity index is 670. The highest BCUT2D eigenvalue weighted by Crippen LogP contribution is 2.26. The Hall–Kier alpha value is -2.11. The van der Waals surface area contributed by atoms with Gasteiger partial charge in [-0.1, -0.05) is 13.8 Å². The Morgan fingerprint density at radius 3 is 3.00 bits per heavy atom. The molecule has 0 saturated heterocycles. The third-order valence-electron chi connectivity index (χ3n) is 4.37. The summed E-state index contributed by atoms with van der Waals surface area (Å²) in [6, 6.07) is 0. The lowest BCUT2D eigenvalue weighted by Gasteiger charge is -2.20. The van der Waals surface area contributed by atoms with Crippen molar-refractivity contribution in [3.05, 3.63) is 34.7 Å². The van der Waals surface area contributed by atoms with Crippen molar-refractivity contribution in [1.29, 1.82) is 0 Å². The van der Waals surface area contributed by atoms with Crippen molar-refractivity contribution >= 4 is 5.91 Å². The number of imidazole rings is 1. The van der Waals surface area contributed by atoms with E-state index in [1.54, 1.807) is 6.20 Å². The predicted molar refractivity (Wildman–Crippen MR) is 83.4 cm³/mol. The van der Waals surface area contributed by atoms with Gasteiger partial charge < -0.3 is 10.3 Å². The van der Waals surface area contributed by atoms with Gasteiger partial charge >= 0.3 is 0 Å². The first-order chi connectivity index (χ1) is 10.5. The normalized spacial score (nSPS) is 17.5. The third kappa shape index (κ3) is 2.91. The monoisotopic (exact) mass is 301 g/mol. The first kappa shape index (κ1) is 14.8. The van der Waals surface area contributed by atoms with Crippen LogP contribution in [0.4, 0.5) is 0 Å².